The molecular weight excluding hydrogens is 244 g/mol. The Hall–Kier alpha value is -2.65. The molecule has 6 nitrogen and oxygen atoms in total. The zero-order valence-corrected chi connectivity index (χ0v) is 10.1. The number of aliphatic hydroxyl groups is 1. The number of nitrogens with one attached hydrogen (secondary N) is 2. The number of pyridine rings is 1. The molecule has 2 rings (SSSR count). The number of carbonyl (C=O) groups excluding carboxylic acids is 1. The van der Waals surface area contributed by atoms with E-state index in [2.05, 4.69) is 32.3 Å². The predicted octanol–water partition coefficient (Wildman–Crippen LogP) is 0.791. The quantitative estimate of drug-likeness (QED) is 0.708. The van der Waals surface area contributed by atoms with Gasteiger partial charge in [0.2, 0.25) is 0 Å². The molecule has 0 bridgehead atoms. The summed E-state index contributed by atoms with van der Waals surface area (Å²) in [7, 11) is 0. The number of hydrogen-bond donors (Lipinski definition) is 3. The summed E-state index contributed by atoms with van der Waals surface area (Å²) in [5, 5.41) is 17.7. The maximum Gasteiger partial charge on any atom is 0.257 e. The number of aliphatic hydroxyl groups excluding tert-OH is 1. The maximum atomic E-state index is 12.1. The number of carbonyl (C=O) groups is 1. The van der Waals surface area contributed by atoms with Crippen molar-refractivity contribution in [1.82, 2.24) is 15.2 Å². The molecule has 19 heavy (non-hydrogen) atoms. The van der Waals surface area contributed by atoms with E-state index < -0.39 is 0 Å². The Balaban J connectivity index is 2.20. The number of anilines is 1. The first-order valence-electron chi connectivity index (χ1n) is 5.65. The first-order valence-corrected chi connectivity index (χ1v) is 5.65. The minimum absolute atomic E-state index is 0.0101. The number of aromatic nitrogens is 3. The van der Waals surface area contributed by atoms with Crippen LogP contribution >= 0.6 is 0 Å². The molecule has 0 unspecified atom stereocenters. The van der Waals surface area contributed by atoms with Crippen LogP contribution in [0, 0.1) is 11.8 Å². The number of nitrogens with zero attached hydrogens (tertiary/aromatic N) is 2. The van der Waals surface area contributed by atoms with Crippen molar-refractivity contribution in [3.8, 4) is 11.8 Å². The highest BCUT2D eigenvalue weighted by atomic mass is 16.2. The highest BCUT2D eigenvalue weighted by molar-refractivity contribution is 6.05. The molecule has 0 aromatic carbocycles. The van der Waals surface area contributed by atoms with Crippen LogP contribution in [0.4, 0.5) is 5.69 Å². The zero-order chi connectivity index (χ0) is 13.5. The van der Waals surface area contributed by atoms with Gasteiger partial charge in [-0.05, 0) is 6.07 Å². The van der Waals surface area contributed by atoms with Crippen LogP contribution in [0.15, 0.2) is 30.9 Å². The molecule has 1 amide bonds. The molecular formula is C13H12N4O2. The fourth-order valence-corrected chi connectivity index (χ4v) is 1.42. The molecule has 0 aliphatic heterocycles. The molecule has 0 saturated carbocycles. The fourth-order valence-electron chi connectivity index (χ4n) is 1.42. The van der Waals surface area contributed by atoms with E-state index >= 15 is 0 Å². The van der Waals surface area contributed by atoms with Crippen LogP contribution in [0.25, 0.3) is 0 Å². The van der Waals surface area contributed by atoms with E-state index in [1.54, 1.807) is 12.3 Å². The number of rotatable bonds is 3. The Morgan fingerprint density at radius 3 is 3.11 bits per heavy atom. The van der Waals surface area contributed by atoms with Crippen LogP contribution in [-0.4, -0.2) is 32.8 Å². The lowest BCUT2D eigenvalue weighted by atomic mass is 10.1. The lowest BCUT2D eigenvalue weighted by molar-refractivity contribution is 0.102. The van der Waals surface area contributed by atoms with Gasteiger partial charge in [-0.25, -0.2) is 0 Å². The second kappa shape index (κ2) is 6.33. The molecule has 2 aromatic heterocycles. The molecule has 0 saturated heterocycles. The lowest BCUT2D eigenvalue weighted by Crippen LogP contribution is -2.13. The third-order valence-electron chi connectivity index (χ3n) is 2.28. The van der Waals surface area contributed by atoms with Gasteiger partial charge >= 0.3 is 0 Å². The van der Waals surface area contributed by atoms with Gasteiger partial charge < -0.3 is 10.4 Å². The van der Waals surface area contributed by atoms with E-state index in [0.717, 1.165) is 0 Å². The monoisotopic (exact) mass is 256 g/mol. The van der Waals surface area contributed by atoms with Crippen molar-refractivity contribution in [2.45, 2.75) is 6.42 Å². The van der Waals surface area contributed by atoms with Gasteiger partial charge in [-0.3, -0.25) is 14.9 Å². The Labute approximate surface area is 109 Å². The van der Waals surface area contributed by atoms with Crippen molar-refractivity contribution in [3.63, 3.8) is 0 Å². The third-order valence-corrected chi connectivity index (χ3v) is 2.28. The van der Waals surface area contributed by atoms with Gasteiger partial charge in [-0.1, -0.05) is 11.8 Å². The summed E-state index contributed by atoms with van der Waals surface area (Å²) < 4.78 is 0. The molecule has 0 aliphatic rings. The molecule has 96 valence electrons. The minimum atomic E-state index is -0.280. The SMILES string of the molecule is O=C(Nc1cn[nH]c1)c1ccncc1C#CCCO. The highest BCUT2D eigenvalue weighted by Crippen LogP contribution is 2.09. The first kappa shape index (κ1) is 12.8. The van der Waals surface area contributed by atoms with E-state index in [-0.39, 0.29) is 12.5 Å². The van der Waals surface area contributed by atoms with Crippen LogP contribution in [0.3, 0.4) is 0 Å². The number of H-pyrrole nitrogens is 1. The van der Waals surface area contributed by atoms with Crippen molar-refractivity contribution >= 4 is 11.6 Å². The molecule has 0 atom stereocenters. The van der Waals surface area contributed by atoms with Gasteiger partial charge in [0.1, 0.15) is 0 Å². The molecule has 2 aromatic rings. The van der Waals surface area contributed by atoms with Gasteiger partial charge in [0.25, 0.3) is 5.91 Å². The zero-order valence-electron chi connectivity index (χ0n) is 10.1. The fraction of sp³-hybridized carbons (Fsp3) is 0.154. The van der Waals surface area contributed by atoms with E-state index in [1.165, 1.54) is 18.6 Å². The van der Waals surface area contributed by atoms with E-state index in [0.29, 0.717) is 23.2 Å². The Bertz CT molecular complexity index is 611. The summed E-state index contributed by atoms with van der Waals surface area (Å²) in [5.41, 5.74) is 1.54. The molecule has 6 heteroatoms. The van der Waals surface area contributed by atoms with Gasteiger partial charge in [0.15, 0.2) is 0 Å². The van der Waals surface area contributed by atoms with Gasteiger partial charge in [0, 0.05) is 25.0 Å². The molecule has 2 heterocycles. The van der Waals surface area contributed by atoms with Crippen molar-refractivity contribution in [2.24, 2.45) is 0 Å². The smallest absolute Gasteiger partial charge is 0.257 e. The largest absolute Gasteiger partial charge is 0.395 e. The van der Waals surface area contributed by atoms with Crippen LogP contribution in [-0.2, 0) is 0 Å². The predicted molar refractivity (Wildman–Crippen MR) is 69.4 cm³/mol. The molecule has 0 spiro atoms. The normalized spacial score (nSPS) is 9.53. The minimum Gasteiger partial charge on any atom is -0.395 e. The Morgan fingerprint density at radius 2 is 2.37 bits per heavy atom. The third kappa shape index (κ3) is 3.40. The second-order valence-corrected chi connectivity index (χ2v) is 3.64. The summed E-state index contributed by atoms with van der Waals surface area (Å²) in [5.74, 6) is 5.30. The van der Waals surface area contributed by atoms with Crippen LogP contribution in [0.5, 0.6) is 0 Å². The molecule has 0 radical (unpaired) electrons. The summed E-state index contributed by atoms with van der Waals surface area (Å²) in [6.45, 7) is -0.0101. The van der Waals surface area contributed by atoms with Gasteiger partial charge in [0.05, 0.1) is 29.6 Å². The topological polar surface area (TPSA) is 90.9 Å². The van der Waals surface area contributed by atoms with Crippen molar-refractivity contribution in [2.75, 3.05) is 11.9 Å². The molecule has 0 fully saturated rings. The van der Waals surface area contributed by atoms with E-state index in [9.17, 15) is 4.79 Å². The number of aromatic amines is 1. The number of amides is 1. The summed E-state index contributed by atoms with van der Waals surface area (Å²) in [4.78, 5) is 16.0. The average Bonchev–Trinajstić information content (AvgIpc) is 2.92. The summed E-state index contributed by atoms with van der Waals surface area (Å²) in [6.07, 6.45) is 6.50. The van der Waals surface area contributed by atoms with Crippen molar-refractivity contribution in [1.29, 1.82) is 0 Å². The van der Waals surface area contributed by atoms with Crippen molar-refractivity contribution < 1.29 is 9.90 Å². The van der Waals surface area contributed by atoms with Crippen LogP contribution < -0.4 is 5.32 Å². The van der Waals surface area contributed by atoms with Crippen LogP contribution in [0.1, 0.15) is 22.3 Å². The highest BCUT2D eigenvalue weighted by Gasteiger charge is 2.10. The van der Waals surface area contributed by atoms with Crippen molar-refractivity contribution in [3.05, 3.63) is 42.0 Å². The Morgan fingerprint density at radius 1 is 1.47 bits per heavy atom. The maximum absolute atomic E-state index is 12.1. The standard InChI is InChI=1S/C13H12N4O2/c18-6-2-1-3-10-7-14-5-4-12(10)13(19)17-11-8-15-16-9-11/h4-5,7-9,18H,2,6H2,(H,15,16)(H,17,19). The van der Waals surface area contributed by atoms with E-state index in [4.69, 9.17) is 5.11 Å². The average molecular weight is 256 g/mol. The van der Waals surface area contributed by atoms with Gasteiger partial charge in [-0.15, -0.1) is 0 Å². The van der Waals surface area contributed by atoms with Crippen LogP contribution in [0.2, 0.25) is 0 Å². The first-order chi connectivity index (χ1) is 9.31. The van der Waals surface area contributed by atoms with E-state index in [1.807, 2.05) is 0 Å². The summed E-state index contributed by atoms with van der Waals surface area (Å²) >= 11 is 0. The summed E-state index contributed by atoms with van der Waals surface area (Å²) in [6, 6.07) is 1.60. The molecule has 3 N–H and O–H groups in total. The Kier molecular flexibility index (Phi) is 4.26. The molecule has 0 aliphatic carbocycles. The second-order valence-electron chi connectivity index (χ2n) is 3.64. The van der Waals surface area contributed by atoms with Gasteiger partial charge in [-0.2, -0.15) is 5.10 Å². The number of hydrogen-bond acceptors (Lipinski definition) is 4. The lowest BCUT2D eigenvalue weighted by Gasteiger charge is -2.04.